The third kappa shape index (κ3) is 2.16. The fourth-order valence-corrected chi connectivity index (χ4v) is 2.90. The number of rotatable bonds is 1. The maximum absolute atomic E-state index is 12.0. The van der Waals surface area contributed by atoms with E-state index in [0.29, 0.717) is 12.8 Å². The Morgan fingerprint density at radius 3 is 2.39 bits per heavy atom. The first kappa shape index (κ1) is 13.1. The summed E-state index contributed by atoms with van der Waals surface area (Å²) in [6.07, 6.45) is -0.255. The monoisotopic (exact) mass is 257 g/mol. The maximum atomic E-state index is 12.0. The van der Waals surface area contributed by atoms with Gasteiger partial charge in [0.2, 0.25) is 0 Å². The number of fused-ring (bicyclic) bond motifs is 2. The van der Waals surface area contributed by atoms with Gasteiger partial charge in [0.15, 0.2) is 0 Å². The highest BCUT2D eigenvalue weighted by Crippen LogP contribution is 2.43. The lowest BCUT2D eigenvalue weighted by atomic mass is 9.96. The van der Waals surface area contributed by atoms with Crippen LogP contribution in [0.2, 0.25) is 0 Å². The zero-order chi connectivity index (χ0) is 13.7. The van der Waals surface area contributed by atoms with Crippen LogP contribution in [0.1, 0.15) is 33.6 Å². The Balaban J connectivity index is 2.17. The van der Waals surface area contributed by atoms with Crippen LogP contribution in [0.25, 0.3) is 0 Å². The summed E-state index contributed by atoms with van der Waals surface area (Å²) < 4.78 is 5.23. The van der Waals surface area contributed by atoms with E-state index < -0.39 is 29.8 Å². The SMILES string of the molecule is CC(C)(C)OC(=O)N1C2CC([C@H](O)C2)[C@@H]1C(=O)O. The van der Waals surface area contributed by atoms with Gasteiger partial charge in [-0.1, -0.05) is 0 Å². The van der Waals surface area contributed by atoms with E-state index in [0.717, 1.165) is 0 Å². The van der Waals surface area contributed by atoms with E-state index in [9.17, 15) is 19.8 Å². The number of hydrogen-bond acceptors (Lipinski definition) is 4. The number of amides is 1. The first-order valence-corrected chi connectivity index (χ1v) is 6.13. The molecule has 0 radical (unpaired) electrons. The van der Waals surface area contributed by atoms with Gasteiger partial charge in [-0.2, -0.15) is 0 Å². The Kier molecular flexibility index (Phi) is 3.01. The van der Waals surface area contributed by atoms with Gasteiger partial charge in [0, 0.05) is 12.0 Å². The van der Waals surface area contributed by atoms with E-state index in [1.807, 2.05) is 0 Å². The number of ether oxygens (including phenoxy) is 1. The van der Waals surface area contributed by atoms with Crippen LogP contribution in [0.15, 0.2) is 0 Å². The van der Waals surface area contributed by atoms with Crippen LogP contribution in [0.5, 0.6) is 0 Å². The number of nitrogens with zero attached hydrogens (tertiary/aromatic N) is 1. The Hall–Kier alpha value is -1.30. The fourth-order valence-electron chi connectivity index (χ4n) is 2.90. The summed E-state index contributed by atoms with van der Waals surface area (Å²) in [5.74, 6) is -1.45. The van der Waals surface area contributed by atoms with Crippen LogP contribution in [-0.4, -0.2) is 51.0 Å². The number of carboxylic acid groups (broad SMARTS) is 1. The number of aliphatic hydroxyl groups is 1. The number of carbonyl (C=O) groups excluding carboxylic acids is 1. The highest BCUT2D eigenvalue weighted by molar-refractivity contribution is 5.82. The topological polar surface area (TPSA) is 87.1 Å². The minimum Gasteiger partial charge on any atom is -0.480 e. The molecule has 6 nitrogen and oxygen atoms in total. The molecule has 18 heavy (non-hydrogen) atoms. The average Bonchev–Trinajstić information content (AvgIpc) is 2.69. The van der Waals surface area contributed by atoms with E-state index in [2.05, 4.69) is 0 Å². The molecule has 102 valence electrons. The van der Waals surface area contributed by atoms with Crippen molar-refractivity contribution in [3.05, 3.63) is 0 Å². The molecule has 2 N–H and O–H groups in total. The Morgan fingerprint density at radius 1 is 1.28 bits per heavy atom. The number of hydrogen-bond donors (Lipinski definition) is 2. The highest BCUT2D eigenvalue weighted by Gasteiger charge is 2.56. The zero-order valence-corrected chi connectivity index (χ0v) is 10.8. The summed E-state index contributed by atoms with van der Waals surface area (Å²) in [7, 11) is 0. The lowest BCUT2D eigenvalue weighted by Gasteiger charge is -2.35. The molecule has 1 aliphatic heterocycles. The molecule has 2 aliphatic rings. The third-order valence-corrected chi connectivity index (χ3v) is 3.51. The smallest absolute Gasteiger partial charge is 0.411 e. The van der Waals surface area contributed by atoms with Crippen LogP contribution < -0.4 is 0 Å². The lowest BCUT2D eigenvalue weighted by molar-refractivity contribution is -0.147. The molecule has 6 heteroatoms. The van der Waals surface area contributed by atoms with Crippen LogP contribution >= 0.6 is 0 Å². The second-order valence-corrected chi connectivity index (χ2v) is 6.03. The molecular formula is C12H19NO5. The molecule has 2 unspecified atom stereocenters. The quantitative estimate of drug-likeness (QED) is 0.726. The van der Waals surface area contributed by atoms with E-state index in [-0.39, 0.29) is 12.0 Å². The van der Waals surface area contributed by atoms with Gasteiger partial charge in [-0.25, -0.2) is 9.59 Å². The predicted octanol–water partition coefficient (Wildman–Crippen LogP) is 0.830. The van der Waals surface area contributed by atoms with Crippen LogP contribution in [0, 0.1) is 5.92 Å². The maximum Gasteiger partial charge on any atom is 0.411 e. The normalized spacial score (nSPS) is 34.8. The molecule has 0 spiro atoms. The van der Waals surface area contributed by atoms with Crippen LogP contribution in [-0.2, 0) is 9.53 Å². The fraction of sp³-hybridized carbons (Fsp3) is 0.833. The van der Waals surface area contributed by atoms with Gasteiger partial charge in [0.25, 0.3) is 0 Å². The summed E-state index contributed by atoms with van der Waals surface area (Å²) >= 11 is 0. The Labute approximate surface area is 106 Å². The minimum atomic E-state index is -1.08. The summed E-state index contributed by atoms with van der Waals surface area (Å²) in [5.41, 5.74) is -0.652. The molecular weight excluding hydrogens is 238 g/mol. The van der Waals surface area contributed by atoms with Crippen molar-refractivity contribution in [3.63, 3.8) is 0 Å². The summed E-state index contributed by atoms with van der Waals surface area (Å²) in [4.78, 5) is 24.6. The van der Waals surface area contributed by atoms with Gasteiger partial charge < -0.3 is 14.9 Å². The molecule has 1 saturated carbocycles. The highest BCUT2D eigenvalue weighted by atomic mass is 16.6. The molecule has 0 aromatic heterocycles. The number of piperidine rings is 1. The summed E-state index contributed by atoms with van der Waals surface area (Å²) in [6, 6.07) is -1.19. The molecule has 2 bridgehead atoms. The minimum absolute atomic E-state index is 0.221. The van der Waals surface area contributed by atoms with Gasteiger partial charge in [-0.3, -0.25) is 4.90 Å². The number of carbonyl (C=O) groups is 2. The van der Waals surface area contributed by atoms with E-state index in [1.165, 1.54) is 4.90 Å². The molecule has 2 rings (SSSR count). The van der Waals surface area contributed by atoms with Gasteiger partial charge in [-0.15, -0.1) is 0 Å². The molecule has 1 saturated heterocycles. The standard InChI is InChI=1S/C12H19NO5/c1-12(2,3)18-11(17)13-6-4-7(8(14)5-6)9(13)10(15)16/h6-9,14H,4-5H2,1-3H3,(H,15,16)/t6?,7?,8-,9-/m1/s1. The Morgan fingerprint density at radius 2 is 1.89 bits per heavy atom. The molecule has 1 aliphatic carbocycles. The van der Waals surface area contributed by atoms with Crippen molar-refractivity contribution in [2.24, 2.45) is 5.92 Å². The lowest BCUT2D eigenvalue weighted by Crippen LogP contribution is -2.53. The van der Waals surface area contributed by atoms with Gasteiger partial charge in [-0.05, 0) is 33.6 Å². The average molecular weight is 257 g/mol. The molecule has 4 atom stereocenters. The van der Waals surface area contributed by atoms with Crippen molar-refractivity contribution in [1.29, 1.82) is 0 Å². The first-order valence-electron chi connectivity index (χ1n) is 6.13. The molecule has 0 aromatic rings. The molecule has 1 heterocycles. The number of likely N-dealkylation sites (tertiary alicyclic amines) is 1. The van der Waals surface area contributed by atoms with E-state index in [4.69, 9.17) is 4.74 Å². The van der Waals surface area contributed by atoms with Gasteiger partial charge in [0.05, 0.1) is 6.10 Å². The van der Waals surface area contributed by atoms with Gasteiger partial charge >= 0.3 is 12.1 Å². The Bertz CT molecular complexity index is 375. The van der Waals surface area contributed by atoms with Crippen molar-refractivity contribution in [2.45, 2.75) is 57.4 Å². The summed E-state index contributed by atoms with van der Waals surface area (Å²) in [6.45, 7) is 5.22. The molecule has 2 fully saturated rings. The van der Waals surface area contributed by atoms with E-state index in [1.54, 1.807) is 20.8 Å². The second kappa shape index (κ2) is 4.12. The van der Waals surface area contributed by atoms with Crippen molar-refractivity contribution >= 4 is 12.1 Å². The van der Waals surface area contributed by atoms with E-state index >= 15 is 0 Å². The van der Waals surface area contributed by atoms with Gasteiger partial charge in [0.1, 0.15) is 11.6 Å². The van der Waals surface area contributed by atoms with Crippen molar-refractivity contribution < 1.29 is 24.5 Å². The molecule has 0 aromatic carbocycles. The van der Waals surface area contributed by atoms with Crippen molar-refractivity contribution in [1.82, 2.24) is 4.90 Å². The number of aliphatic hydroxyl groups excluding tert-OH is 1. The third-order valence-electron chi connectivity index (χ3n) is 3.51. The van der Waals surface area contributed by atoms with Crippen molar-refractivity contribution in [3.8, 4) is 0 Å². The number of aliphatic carboxylic acids is 1. The molecule has 1 amide bonds. The van der Waals surface area contributed by atoms with Crippen LogP contribution in [0.3, 0.4) is 0 Å². The van der Waals surface area contributed by atoms with Crippen LogP contribution in [0.4, 0.5) is 4.79 Å². The zero-order valence-electron chi connectivity index (χ0n) is 10.8. The largest absolute Gasteiger partial charge is 0.480 e. The van der Waals surface area contributed by atoms with Crippen molar-refractivity contribution in [2.75, 3.05) is 0 Å². The number of carboxylic acids is 1. The second-order valence-electron chi connectivity index (χ2n) is 6.03. The summed E-state index contributed by atoms with van der Waals surface area (Å²) in [5, 5.41) is 18.9. The first-order chi connectivity index (χ1) is 8.20. The predicted molar refractivity (Wildman–Crippen MR) is 62.0 cm³/mol.